The van der Waals surface area contributed by atoms with Crippen molar-refractivity contribution in [3.63, 3.8) is 0 Å². The molecule has 6 heavy (non-hydrogen) atoms. The third-order valence-electron chi connectivity index (χ3n) is 0. The van der Waals surface area contributed by atoms with E-state index in [2.05, 4.69) is 0 Å². The van der Waals surface area contributed by atoms with Crippen molar-refractivity contribution < 1.29 is 40.1 Å². The summed E-state index contributed by atoms with van der Waals surface area (Å²) in [6.07, 6.45) is 0. The van der Waals surface area contributed by atoms with Crippen molar-refractivity contribution in [3.05, 3.63) is 16.0 Å². The van der Waals surface area contributed by atoms with Gasteiger partial charge < -0.3 is 11.1 Å². The molecule has 0 amide bonds. The van der Waals surface area contributed by atoms with Crippen LogP contribution in [-0.2, 0) is 0 Å². The molecule has 0 aliphatic rings. The summed E-state index contributed by atoms with van der Waals surface area (Å²) in [5.41, 5.74) is 13.5. The molecule has 5 nitrogen and oxygen atoms in total. The maximum Gasteiger partial charge on any atom is 1.00 e. The van der Waals surface area contributed by atoms with Gasteiger partial charge in [-0.3, -0.25) is 15.4 Å². The molecule has 6 heteroatoms. The molecule has 0 rings (SSSR count). The van der Waals surface area contributed by atoms with Gasteiger partial charge in [-0.15, -0.1) is 0 Å². The van der Waals surface area contributed by atoms with E-state index in [1.807, 2.05) is 0 Å². The van der Waals surface area contributed by atoms with E-state index >= 15 is 0 Å². The minimum atomic E-state index is 0. The average molecular weight is 99.0 g/mol. The van der Waals surface area contributed by atoms with Gasteiger partial charge in [-0.05, 0) is 0 Å². The predicted octanol–water partition coefficient (Wildman–Crippen LogP) is -2.11. The first kappa shape index (κ1) is 16.3. The molecule has 0 unspecified atom stereocenters. The molecule has 0 radical (unpaired) electrons. The largest absolute Gasteiger partial charge is 1.00 e. The second kappa shape index (κ2) is 61.9. The monoisotopic (exact) mass is 99.0 g/mol. The van der Waals surface area contributed by atoms with Crippen LogP contribution in [0.3, 0.4) is 0 Å². The molecule has 0 saturated carbocycles. The molecule has 30 valence electrons. The van der Waals surface area contributed by atoms with Gasteiger partial charge in [0.05, 0.1) is 0 Å². The van der Waals surface area contributed by atoms with Crippen molar-refractivity contribution in [2.75, 3.05) is 0 Å². The maximum absolute atomic E-state index is 6.75. The molecule has 0 aromatic rings. The molecule has 0 spiro atoms. The van der Waals surface area contributed by atoms with Crippen LogP contribution in [-0.4, -0.2) is 10.5 Å². The van der Waals surface area contributed by atoms with Gasteiger partial charge in [0.25, 0.3) is 0 Å². The first-order valence-electron chi connectivity index (χ1n) is 0.600. The fourth-order valence-electron chi connectivity index (χ4n) is 0. The van der Waals surface area contributed by atoms with E-state index in [1.54, 1.807) is 0 Å². The Morgan fingerprint density at radius 1 is 1.17 bits per heavy atom. The van der Waals surface area contributed by atoms with Crippen molar-refractivity contribution in [2.45, 2.75) is 0 Å². The first-order chi connectivity index (χ1) is 2.41. The van der Waals surface area contributed by atoms with Crippen LogP contribution in [0.2, 0.25) is 0 Å². The van der Waals surface area contributed by atoms with Gasteiger partial charge in [-0.25, -0.2) is 0 Å². The topological polar surface area (TPSA) is 99.2 Å². The Balaban J connectivity index is -0.0000000275. The van der Waals surface area contributed by atoms with Crippen LogP contribution in [0.1, 0.15) is 0 Å². The standard InChI is InChI=1S/N3.Na.H2O2/c1-3-2;;1-2/h;;1-2H/q-1;+1;. The molecule has 0 aliphatic heterocycles. The molecule has 0 atom stereocenters. The number of rotatable bonds is 0. The second-order valence-electron chi connectivity index (χ2n) is 0.0894. The molecule has 0 fully saturated rings. The summed E-state index contributed by atoms with van der Waals surface area (Å²) in [6.45, 7) is 0. The summed E-state index contributed by atoms with van der Waals surface area (Å²) in [5.74, 6) is 0. The van der Waals surface area contributed by atoms with Crippen LogP contribution in [0.15, 0.2) is 0 Å². The van der Waals surface area contributed by atoms with Crippen molar-refractivity contribution in [1.29, 1.82) is 0 Å². The van der Waals surface area contributed by atoms with E-state index < -0.39 is 0 Å². The van der Waals surface area contributed by atoms with Crippen LogP contribution >= 0.6 is 0 Å². The van der Waals surface area contributed by atoms with Crippen LogP contribution in [0.5, 0.6) is 0 Å². The smallest absolute Gasteiger partial charge is 0.373 e. The van der Waals surface area contributed by atoms with Crippen molar-refractivity contribution >= 4 is 0 Å². The number of hydrogen-bond acceptors (Lipinski definition) is 2. The molecule has 0 bridgehead atoms. The number of hydrogen-bond donors (Lipinski definition) is 2. The molecule has 0 aromatic carbocycles. The molecule has 2 N–H and O–H groups in total. The molecule has 0 saturated heterocycles. The van der Waals surface area contributed by atoms with Crippen molar-refractivity contribution in [1.82, 2.24) is 0 Å². The van der Waals surface area contributed by atoms with Crippen LogP contribution < -0.4 is 29.6 Å². The Morgan fingerprint density at radius 3 is 1.17 bits per heavy atom. The second-order valence-corrected chi connectivity index (χ2v) is 0.0894. The van der Waals surface area contributed by atoms with E-state index in [0.717, 1.165) is 0 Å². The quantitative estimate of drug-likeness (QED) is 0.0906. The molecular weight excluding hydrogens is 97.0 g/mol. The van der Waals surface area contributed by atoms with Crippen LogP contribution in [0.4, 0.5) is 0 Å². The summed E-state index contributed by atoms with van der Waals surface area (Å²) in [7, 11) is 0. The Hall–Kier alpha value is 0.230. The Bertz CT molecular complexity index is 29.8. The SMILES string of the molecule is OO.[N-]=[N+]=[N-].[Na+]. The van der Waals surface area contributed by atoms with Gasteiger partial charge in [-0.2, -0.15) is 0 Å². The Labute approximate surface area is 56.2 Å². The van der Waals surface area contributed by atoms with Gasteiger partial charge in [0.2, 0.25) is 0 Å². The molecule has 0 aliphatic carbocycles. The van der Waals surface area contributed by atoms with Gasteiger partial charge in [0.15, 0.2) is 0 Å². The summed E-state index contributed by atoms with van der Waals surface area (Å²) in [6, 6.07) is 0. The number of nitrogens with zero attached hydrogens (tertiary/aromatic N) is 3. The first-order valence-corrected chi connectivity index (χ1v) is 0.600. The predicted molar refractivity (Wildman–Crippen MR) is 15.3 cm³/mol. The zero-order valence-electron chi connectivity index (χ0n) is 3.24. The summed E-state index contributed by atoms with van der Waals surface area (Å²) in [4.78, 5) is 1.50. The van der Waals surface area contributed by atoms with Gasteiger partial charge in [-0.1, -0.05) is 0 Å². The van der Waals surface area contributed by atoms with E-state index in [9.17, 15) is 0 Å². The molecular formula is H2N3NaO2. The minimum absolute atomic E-state index is 0. The van der Waals surface area contributed by atoms with E-state index in [4.69, 9.17) is 21.6 Å². The molecule has 0 heterocycles. The van der Waals surface area contributed by atoms with E-state index in [-0.39, 0.29) is 29.6 Å². The zero-order chi connectivity index (χ0) is 4.71. The van der Waals surface area contributed by atoms with Crippen LogP contribution in [0, 0.1) is 0 Å². The summed E-state index contributed by atoms with van der Waals surface area (Å²) >= 11 is 0. The Kier molecular flexibility index (Phi) is 168. The summed E-state index contributed by atoms with van der Waals surface area (Å²) < 4.78 is 0. The minimum Gasteiger partial charge on any atom is -0.373 e. The van der Waals surface area contributed by atoms with Crippen molar-refractivity contribution in [3.8, 4) is 0 Å². The summed E-state index contributed by atoms with van der Waals surface area (Å²) in [5, 5.41) is 12.0. The third-order valence-corrected chi connectivity index (χ3v) is 0. The Morgan fingerprint density at radius 2 is 1.17 bits per heavy atom. The van der Waals surface area contributed by atoms with Gasteiger partial charge >= 0.3 is 29.6 Å². The fraction of sp³-hybridized carbons (Fsp3) is 0. The van der Waals surface area contributed by atoms with Crippen molar-refractivity contribution in [2.24, 2.45) is 0 Å². The van der Waals surface area contributed by atoms with E-state index in [1.165, 1.54) is 4.91 Å². The third kappa shape index (κ3) is 834. The average Bonchev–Trinajstić information content (AvgIpc) is 1.46. The van der Waals surface area contributed by atoms with Gasteiger partial charge in [0, 0.05) is 0 Å². The maximum atomic E-state index is 6.75. The van der Waals surface area contributed by atoms with Gasteiger partial charge in [0.1, 0.15) is 0 Å². The fourth-order valence-corrected chi connectivity index (χ4v) is 0. The molecule has 0 aromatic heterocycles. The van der Waals surface area contributed by atoms with E-state index in [0.29, 0.717) is 0 Å². The normalized spacial score (nSPS) is 2.33. The van der Waals surface area contributed by atoms with Crippen LogP contribution in [0.25, 0.3) is 16.0 Å². The zero-order valence-corrected chi connectivity index (χ0v) is 5.24.